The molecule has 0 amide bonds. The van der Waals surface area contributed by atoms with Crippen molar-refractivity contribution in [2.75, 3.05) is 10.6 Å². The summed E-state index contributed by atoms with van der Waals surface area (Å²) in [4.78, 5) is 20.8. The fraction of sp³-hybridized carbons (Fsp3) is 0.0417. The number of aryl methyl sites for hydroxylation is 2. The van der Waals surface area contributed by atoms with Crippen molar-refractivity contribution >= 4 is 46.1 Å². The van der Waals surface area contributed by atoms with Gasteiger partial charge in [0.15, 0.2) is 11.7 Å². The van der Waals surface area contributed by atoms with E-state index in [2.05, 4.69) is 54.8 Å². The first-order valence-corrected chi connectivity index (χ1v) is 17.9. The Morgan fingerprint density at radius 3 is 1.06 bits per heavy atom. The number of para-hydroxylation sites is 2. The maximum atomic E-state index is 5.26. The summed E-state index contributed by atoms with van der Waals surface area (Å²) in [5.41, 5.74) is 9.22. The number of rotatable bonds is 8. The highest BCUT2D eigenvalue weighted by Gasteiger charge is 2.14. The van der Waals surface area contributed by atoms with Crippen molar-refractivity contribution in [3.63, 3.8) is 0 Å². The van der Waals surface area contributed by atoms with Gasteiger partial charge in [-0.1, -0.05) is 151 Å². The second-order valence-electron chi connectivity index (χ2n) is 12.8. The van der Waals surface area contributed by atoms with Crippen LogP contribution in [0, 0.1) is 13.8 Å². The Balaban J connectivity index is 1.40. The van der Waals surface area contributed by atoms with E-state index >= 15 is 0 Å². The Morgan fingerprint density at radius 2 is 0.685 bits per heavy atom. The number of amidine groups is 4. The third-order valence-electron chi connectivity index (χ3n) is 8.52. The molecule has 7 aromatic rings. The molecule has 54 heavy (non-hydrogen) atoms. The van der Waals surface area contributed by atoms with Crippen LogP contribution in [0.15, 0.2) is 214 Å². The number of hydrogen-bond acceptors (Lipinski definition) is 2. The summed E-state index contributed by atoms with van der Waals surface area (Å²) in [5, 5.41) is 7.10. The number of nitrogens with one attached hydrogen (secondary N) is 2. The summed E-state index contributed by atoms with van der Waals surface area (Å²) >= 11 is 0. The van der Waals surface area contributed by atoms with Gasteiger partial charge in [-0.15, -0.1) is 0 Å². The zero-order valence-electron chi connectivity index (χ0n) is 30.3. The molecule has 0 spiro atoms. The number of nitrogens with zero attached hydrogens (tertiary/aromatic N) is 4. The monoisotopic (exact) mass is 700 g/mol. The molecular formula is C48H40N6. The maximum absolute atomic E-state index is 5.26. The van der Waals surface area contributed by atoms with Crippen molar-refractivity contribution in [1.29, 1.82) is 0 Å². The number of benzene rings is 7. The van der Waals surface area contributed by atoms with E-state index in [1.165, 1.54) is 0 Å². The van der Waals surface area contributed by atoms with Crippen molar-refractivity contribution in [2.24, 2.45) is 20.0 Å². The number of aliphatic imine (C=N–C) groups is 4. The van der Waals surface area contributed by atoms with Crippen LogP contribution in [0.5, 0.6) is 0 Å². The van der Waals surface area contributed by atoms with Gasteiger partial charge in [0.05, 0.1) is 11.4 Å². The highest BCUT2D eigenvalue weighted by Crippen LogP contribution is 2.22. The molecule has 6 nitrogen and oxygen atoms in total. The molecule has 0 radical (unpaired) electrons. The SMILES string of the molecule is Cc1ccc(N=C(N=C(Nc2ccccc2)c2ccccc2)c2cccc(C(=Nc3ccc(C)cc3)N=C(Nc3ccccc3)c3ccccc3)c2)cc1. The van der Waals surface area contributed by atoms with Crippen molar-refractivity contribution in [2.45, 2.75) is 13.8 Å². The third-order valence-corrected chi connectivity index (χ3v) is 8.52. The zero-order chi connectivity index (χ0) is 37.0. The summed E-state index contributed by atoms with van der Waals surface area (Å²) < 4.78 is 0. The molecule has 7 aromatic carbocycles. The predicted molar refractivity (Wildman–Crippen MR) is 227 cm³/mol. The molecule has 0 unspecified atom stereocenters. The first kappa shape index (κ1) is 35.2. The van der Waals surface area contributed by atoms with Crippen LogP contribution in [0.1, 0.15) is 33.4 Å². The molecule has 6 heteroatoms. The third kappa shape index (κ3) is 9.57. The van der Waals surface area contributed by atoms with Crippen LogP contribution >= 0.6 is 0 Å². The van der Waals surface area contributed by atoms with E-state index in [1.54, 1.807) is 0 Å². The maximum Gasteiger partial charge on any atom is 0.162 e. The average Bonchev–Trinajstić information content (AvgIpc) is 3.23. The van der Waals surface area contributed by atoms with Gasteiger partial charge in [0.2, 0.25) is 0 Å². The summed E-state index contributed by atoms with van der Waals surface area (Å²) in [6, 6.07) is 64.7. The quantitative estimate of drug-likeness (QED) is 0.122. The Morgan fingerprint density at radius 1 is 0.352 bits per heavy atom. The van der Waals surface area contributed by atoms with Gasteiger partial charge < -0.3 is 10.6 Å². The number of anilines is 2. The van der Waals surface area contributed by atoms with Crippen LogP contribution in [0.4, 0.5) is 22.7 Å². The fourth-order valence-electron chi connectivity index (χ4n) is 5.64. The van der Waals surface area contributed by atoms with E-state index < -0.39 is 0 Å². The van der Waals surface area contributed by atoms with Crippen molar-refractivity contribution in [1.82, 2.24) is 0 Å². The average molecular weight is 701 g/mol. The van der Waals surface area contributed by atoms with Crippen LogP contribution in [0.2, 0.25) is 0 Å². The lowest BCUT2D eigenvalue weighted by Crippen LogP contribution is -2.17. The standard InChI is InChI=1S/C48H40N6/c1-35-26-30-43(31-27-35)51-47(53-45(37-16-7-3-8-17-37)49-41-22-11-5-12-23-41)39-20-15-21-40(34-39)48(52-44-32-28-36(2)29-33-44)54-46(38-18-9-4-10-19-38)50-42-24-13-6-14-25-42/h3-34H,1-2H3,(H,49,51,53)(H,50,52,54). The fourth-order valence-corrected chi connectivity index (χ4v) is 5.64. The molecule has 0 saturated heterocycles. The van der Waals surface area contributed by atoms with E-state index in [4.69, 9.17) is 20.0 Å². The molecule has 0 aliphatic rings. The van der Waals surface area contributed by atoms with Gasteiger partial charge in [-0.05, 0) is 68.4 Å². The van der Waals surface area contributed by atoms with Crippen molar-refractivity contribution in [3.05, 3.63) is 228 Å². The predicted octanol–water partition coefficient (Wildman–Crippen LogP) is 11.6. The highest BCUT2D eigenvalue weighted by molar-refractivity contribution is 6.19. The largest absolute Gasteiger partial charge is 0.340 e. The van der Waals surface area contributed by atoms with Gasteiger partial charge in [-0.3, -0.25) is 0 Å². The van der Waals surface area contributed by atoms with Gasteiger partial charge >= 0.3 is 0 Å². The van der Waals surface area contributed by atoms with Gasteiger partial charge in [-0.25, -0.2) is 20.0 Å². The molecule has 7 rings (SSSR count). The van der Waals surface area contributed by atoms with Crippen LogP contribution in [-0.2, 0) is 0 Å². The van der Waals surface area contributed by atoms with Gasteiger partial charge in [0, 0.05) is 33.6 Å². The summed E-state index contributed by atoms with van der Waals surface area (Å²) in [6.45, 7) is 4.14. The minimum atomic E-state index is 0.535. The van der Waals surface area contributed by atoms with Gasteiger partial charge in [0.1, 0.15) is 11.7 Å². The number of hydrogen-bond donors (Lipinski definition) is 2. The summed E-state index contributed by atoms with van der Waals surface area (Å²) in [6.07, 6.45) is 0. The Bertz CT molecular complexity index is 2230. The van der Waals surface area contributed by atoms with Crippen molar-refractivity contribution in [3.8, 4) is 0 Å². The van der Waals surface area contributed by atoms with Gasteiger partial charge in [0.25, 0.3) is 0 Å². The van der Waals surface area contributed by atoms with Crippen molar-refractivity contribution < 1.29 is 0 Å². The van der Waals surface area contributed by atoms with Crippen LogP contribution in [-0.4, -0.2) is 23.3 Å². The Kier molecular flexibility index (Phi) is 11.3. The molecule has 0 bridgehead atoms. The molecule has 0 atom stereocenters. The molecule has 0 aliphatic carbocycles. The van der Waals surface area contributed by atoms with E-state index in [-0.39, 0.29) is 0 Å². The highest BCUT2D eigenvalue weighted by atomic mass is 15.1. The van der Waals surface area contributed by atoms with Crippen LogP contribution in [0.3, 0.4) is 0 Å². The minimum Gasteiger partial charge on any atom is -0.340 e. The lowest BCUT2D eigenvalue weighted by Gasteiger charge is -2.14. The van der Waals surface area contributed by atoms with E-state index in [1.807, 2.05) is 164 Å². The first-order valence-electron chi connectivity index (χ1n) is 17.9. The van der Waals surface area contributed by atoms with Crippen LogP contribution < -0.4 is 10.6 Å². The minimum absolute atomic E-state index is 0.535. The second kappa shape index (κ2) is 17.4. The smallest absolute Gasteiger partial charge is 0.162 e. The molecule has 0 aromatic heterocycles. The Labute approximate surface area is 317 Å². The van der Waals surface area contributed by atoms with Crippen LogP contribution in [0.25, 0.3) is 0 Å². The first-order chi connectivity index (χ1) is 26.6. The second-order valence-corrected chi connectivity index (χ2v) is 12.8. The molecule has 262 valence electrons. The normalized spacial score (nSPS) is 12.3. The van der Waals surface area contributed by atoms with E-state index in [0.717, 1.165) is 56.1 Å². The summed E-state index contributed by atoms with van der Waals surface area (Å²) in [5.74, 6) is 2.41. The topological polar surface area (TPSA) is 73.5 Å². The summed E-state index contributed by atoms with van der Waals surface area (Å²) in [7, 11) is 0. The molecular weight excluding hydrogens is 661 g/mol. The van der Waals surface area contributed by atoms with Gasteiger partial charge in [-0.2, -0.15) is 0 Å². The lowest BCUT2D eigenvalue weighted by molar-refractivity contribution is 1.39. The molecule has 0 saturated carbocycles. The lowest BCUT2D eigenvalue weighted by atomic mass is 10.1. The molecule has 0 aliphatic heterocycles. The molecule has 0 heterocycles. The van der Waals surface area contributed by atoms with E-state index in [0.29, 0.717) is 23.3 Å². The van der Waals surface area contributed by atoms with E-state index in [9.17, 15) is 0 Å². The molecule has 0 fully saturated rings. The zero-order valence-corrected chi connectivity index (χ0v) is 30.3. The Hall–Kier alpha value is -7.18. The molecule has 2 N–H and O–H groups in total.